The van der Waals surface area contributed by atoms with Gasteiger partial charge in [0, 0.05) is 12.3 Å². The second-order valence-corrected chi connectivity index (χ2v) is 5.60. The van der Waals surface area contributed by atoms with Crippen LogP contribution in [0.1, 0.15) is 36.6 Å². The highest BCUT2D eigenvalue weighted by atomic mass is 32.2. The molecule has 1 aliphatic rings. The van der Waals surface area contributed by atoms with Crippen molar-refractivity contribution < 1.29 is 5.11 Å². The summed E-state index contributed by atoms with van der Waals surface area (Å²) in [5, 5.41) is 13.4. The molecule has 1 aromatic rings. The maximum absolute atomic E-state index is 8.84. The fourth-order valence-electron chi connectivity index (χ4n) is 2.27. The summed E-state index contributed by atoms with van der Waals surface area (Å²) in [6.45, 7) is 2.42. The molecule has 0 atom stereocenters. The van der Waals surface area contributed by atoms with Gasteiger partial charge in [-0.3, -0.25) is 4.68 Å². The number of aliphatic hydroxyl groups is 1. The van der Waals surface area contributed by atoms with Gasteiger partial charge in [0.25, 0.3) is 0 Å². The van der Waals surface area contributed by atoms with Crippen LogP contribution in [0, 0.1) is 6.92 Å². The maximum Gasteiger partial charge on any atom is 0.0538 e. The van der Waals surface area contributed by atoms with E-state index in [9.17, 15) is 0 Å². The van der Waals surface area contributed by atoms with Crippen LogP contribution in [0.3, 0.4) is 0 Å². The molecule has 4 heteroatoms. The minimum absolute atomic E-state index is 0.269. The van der Waals surface area contributed by atoms with Gasteiger partial charge in [0.05, 0.1) is 12.2 Å². The number of aryl methyl sites for hydroxylation is 1. The van der Waals surface area contributed by atoms with E-state index in [1.807, 2.05) is 18.0 Å². The number of aliphatic hydroxyl groups excluding tert-OH is 1. The number of aromatic nitrogens is 2. The van der Waals surface area contributed by atoms with Crippen LogP contribution in [0.25, 0.3) is 0 Å². The number of hydrogen-bond donors (Lipinski definition) is 1. The molecule has 1 fully saturated rings. The average Bonchev–Trinajstić information content (AvgIpc) is 2.69. The van der Waals surface area contributed by atoms with Crippen LogP contribution in [0.4, 0.5) is 0 Å². The van der Waals surface area contributed by atoms with Gasteiger partial charge in [-0.2, -0.15) is 16.9 Å². The third-order valence-corrected chi connectivity index (χ3v) is 4.34. The van der Waals surface area contributed by atoms with Crippen LogP contribution in [-0.4, -0.2) is 33.0 Å². The minimum atomic E-state index is 0.269. The van der Waals surface area contributed by atoms with Crippen LogP contribution >= 0.6 is 11.8 Å². The first-order valence-electron chi connectivity index (χ1n) is 6.04. The molecule has 0 unspecified atom stereocenters. The van der Waals surface area contributed by atoms with Crippen LogP contribution in [-0.2, 0) is 6.42 Å². The van der Waals surface area contributed by atoms with Crippen molar-refractivity contribution in [3.8, 4) is 0 Å². The standard InChI is InChI=1S/C12H20N2OS/c1-10-11(3-2-6-15)9-13-14(10)12-4-7-16-8-5-12/h9,12,15H,2-8H2,1H3. The van der Waals surface area contributed by atoms with Crippen LogP contribution in [0.15, 0.2) is 6.20 Å². The van der Waals surface area contributed by atoms with E-state index >= 15 is 0 Å². The summed E-state index contributed by atoms with van der Waals surface area (Å²) in [4.78, 5) is 0. The quantitative estimate of drug-likeness (QED) is 0.876. The van der Waals surface area contributed by atoms with Gasteiger partial charge in [-0.25, -0.2) is 0 Å². The van der Waals surface area contributed by atoms with E-state index in [-0.39, 0.29) is 6.61 Å². The highest BCUT2D eigenvalue weighted by molar-refractivity contribution is 7.99. The molecule has 2 heterocycles. The summed E-state index contributed by atoms with van der Waals surface area (Å²) in [7, 11) is 0. The summed E-state index contributed by atoms with van der Waals surface area (Å²) in [5.41, 5.74) is 2.60. The summed E-state index contributed by atoms with van der Waals surface area (Å²) in [5.74, 6) is 2.52. The van der Waals surface area contributed by atoms with Crippen molar-refractivity contribution >= 4 is 11.8 Å². The van der Waals surface area contributed by atoms with Crippen molar-refractivity contribution in [2.75, 3.05) is 18.1 Å². The van der Waals surface area contributed by atoms with Crippen LogP contribution < -0.4 is 0 Å². The first kappa shape index (κ1) is 12.0. The lowest BCUT2D eigenvalue weighted by molar-refractivity contribution is 0.288. The summed E-state index contributed by atoms with van der Waals surface area (Å²) in [6.07, 6.45) is 6.25. The van der Waals surface area contributed by atoms with E-state index in [4.69, 9.17) is 5.11 Å². The largest absolute Gasteiger partial charge is 0.396 e. The van der Waals surface area contributed by atoms with E-state index in [0.29, 0.717) is 6.04 Å². The van der Waals surface area contributed by atoms with Gasteiger partial charge >= 0.3 is 0 Å². The zero-order chi connectivity index (χ0) is 11.4. The number of thioether (sulfide) groups is 1. The monoisotopic (exact) mass is 240 g/mol. The molecule has 1 aromatic heterocycles. The highest BCUT2D eigenvalue weighted by Gasteiger charge is 2.18. The number of nitrogens with zero attached hydrogens (tertiary/aromatic N) is 2. The molecule has 0 aliphatic carbocycles. The molecular weight excluding hydrogens is 220 g/mol. The van der Waals surface area contributed by atoms with Crippen molar-refractivity contribution in [3.63, 3.8) is 0 Å². The van der Waals surface area contributed by atoms with Gasteiger partial charge in [0.15, 0.2) is 0 Å². The predicted molar refractivity (Wildman–Crippen MR) is 68.0 cm³/mol. The Bertz CT molecular complexity index is 332. The molecular formula is C12H20N2OS. The molecule has 0 spiro atoms. The van der Waals surface area contributed by atoms with Crippen molar-refractivity contribution in [2.45, 2.75) is 38.6 Å². The molecule has 0 aromatic carbocycles. The fraction of sp³-hybridized carbons (Fsp3) is 0.750. The zero-order valence-electron chi connectivity index (χ0n) is 9.85. The van der Waals surface area contributed by atoms with Crippen molar-refractivity contribution in [3.05, 3.63) is 17.5 Å². The molecule has 0 saturated carbocycles. The average molecular weight is 240 g/mol. The first-order valence-corrected chi connectivity index (χ1v) is 7.20. The summed E-state index contributed by atoms with van der Waals surface area (Å²) < 4.78 is 2.20. The van der Waals surface area contributed by atoms with Gasteiger partial charge in [-0.15, -0.1) is 0 Å². The van der Waals surface area contributed by atoms with Crippen molar-refractivity contribution in [1.82, 2.24) is 9.78 Å². The molecule has 0 bridgehead atoms. The SMILES string of the molecule is Cc1c(CCCO)cnn1C1CCSCC1. The Morgan fingerprint density at radius 3 is 2.94 bits per heavy atom. The first-order chi connectivity index (χ1) is 7.83. The second kappa shape index (κ2) is 5.73. The molecule has 0 amide bonds. The molecule has 90 valence electrons. The Morgan fingerprint density at radius 1 is 1.50 bits per heavy atom. The molecule has 1 aliphatic heterocycles. The molecule has 3 nitrogen and oxygen atoms in total. The molecule has 1 saturated heterocycles. The van der Waals surface area contributed by atoms with Gasteiger partial charge in [-0.05, 0) is 49.7 Å². The molecule has 2 rings (SSSR count). The predicted octanol–water partition coefficient (Wildman–Crippen LogP) is 2.18. The number of rotatable bonds is 4. The topological polar surface area (TPSA) is 38.1 Å². The van der Waals surface area contributed by atoms with Gasteiger partial charge in [0.2, 0.25) is 0 Å². The lowest BCUT2D eigenvalue weighted by Crippen LogP contribution is -2.17. The number of hydrogen-bond acceptors (Lipinski definition) is 3. The lowest BCUT2D eigenvalue weighted by Gasteiger charge is -2.23. The third kappa shape index (κ3) is 2.61. The minimum Gasteiger partial charge on any atom is -0.396 e. The summed E-state index contributed by atoms with van der Waals surface area (Å²) in [6, 6.07) is 0.601. The molecule has 16 heavy (non-hydrogen) atoms. The van der Waals surface area contributed by atoms with Gasteiger partial charge < -0.3 is 5.11 Å². The van der Waals surface area contributed by atoms with E-state index in [1.165, 1.54) is 35.6 Å². The van der Waals surface area contributed by atoms with E-state index in [1.54, 1.807) is 0 Å². The van der Waals surface area contributed by atoms with Crippen molar-refractivity contribution in [1.29, 1.82) is 0 Å². The Hall–Kier alpha value is -0.480. The fourth-order valence-corrected chi connectivity index (χ4v) is 3.35. The molecule has 1 N–H and O–H groups in total. The highest BCUT2D eigenvalue weighted by Crippen LogP contribution is 2.28. The van der Waals surface area contributed by atoms with Crippen LogP contribution in [0.5, 0.6) is 0 Å². The molecule has 0 radical (unpaired) electrons. The Balaban J connectivity index is 2.06. The third-order valence-electron chi connectivity index (χ3n) is 3.29. The lowest BCUT2D eigenvalue weighted by atomic mass is 10.1. The Labute approximate surface area is 101 Å². The maximum atomic E-state index is 8.84. The normalized spacial score (nSPS) is 17.9. The Morgan fingerprint density at radius 2 is 2.25 bits per heavy atom. The zero-order valence-corrected chi connectivity index (χ0v) is 10.7. The second-order valence-electron chi connectivity index (χ2n) is 4.37. The van der Waals surface area contributed by atoms with Crippen LogP contribution in [0.2, 0.25) is 0 Å². The summed E-state index contributed by atoms with van der Waals surface area (Å²) >= 11 is 2.05. The Kier molecular flexibility index (Phi) is 4.29. The van der Waals surface area contributed by atoms with E-state index in [0.717, 1.165) is 12.8 Å². The smallest absolute Gasteiger partial charge is 0.0538 e. The van der Waals surface area contributed by atoms with Gasteiger partial charge in [0.1, 0.15) is 0 Å². The van der Waals surface area contributed by atoms with E-state index < -0.39 is 0 Å². The van der Waals surface area contributed by atoms with Gasteiger partial charge in [-0.1, -0.05) is 0 Å². The van der Waals surface area contributed by atoms with Crippen molar-refractivity contribution in [2.24, 2.45) is 0 Å². The van der Waals surface area contributed by atoms with E-state index in [2.05, 4.69) is 16.7 Å².